The molecule has 0 amide bonds. The summed E-state index contributed by atoms with van der Waals surface area (Å²) in [7, 11) is 0. The van der Waals surface area contributed by atoms with E-state index in [1.54, 1.807) is 0 Å². The molecular weight excluding hydrogens is 729 g/mol. The molecule has 4 aliphatic rings. The van der Waals surface area contributed by atoms with Crippen LogP contribution in [0.1, 0.15) is 188 Å². The van der Waals surface area contributed by atoms with Crippen molar-refractivity contribution < 1.29 is 19.0 Å². The van der Waals surface area contributed by atoms with Crippen LogP contribution in [0.2, 0.25) is 0 Å². The molecule has 3 unspecified atom stereocenters. The molecule has 0 bridgehead atoms. The number of anilines is 2. The third-order valence-electron chi connectivity index (χ3n) is 16.5. The Morgan fingerprint density at radius 2 is 1.17 bits per heavy atom. The fourth-order valence-electron chi connectivity index (χ4n) is 13.2. The summed E-state index contributed by atoms with van der Waals surface area (Å²) >= 11 is 0. The number of esters is 1. The zero-order chi connectivity index (χ0) is 41.7. The van der Waals surface area contributed by atoms with Crippen LogP contribution in [-0.4, -0.2) is 24.8 Å². The fraction of sp³-hybridized carbons (Fsp3) is 0.755. The lowest BCUT2D eigenvalue weighted by atomic mass is 9.43. The van der Waals surface area contributed by atoms with Crippen molar-refractivity contribution in [3.8, 4) is 11.5 Å². The molecule has 0 radical (unpaired) electrons. The molecule has 4 aliphatic carbocycles. The average Bonchev–Trinajstić information content (AvgIpc) is 3.59. The number of benzene rings is 2. The molecule has 4 fully saturated rings. The van der Waals surface area contributed by atoms with Gasteiger partial charge in [-0.3, -0.25) is 4.79 Å². The lowest BCUT2D eigenvalue weighted by molar-refractivity contribution is -0.164. The first-order valence-corrected chi connectivity index (χ1v) is 24.8. The molecule has 6 heteroatoms. The number of fused-ring (bicyclic) bond motifs is 5. The van der Waals surface area contributed by atoms with Crippen molar-refractivity contribution in [3.05, 3.63) is 48.5 Å². The maximum Gasteiger partial charge on any atom is 0.305 e. The highest BCUT2D eigenvalue weighted by Crippen LogP contribution is 2.68. The normalized spacial score (nSPS) is 30.5. The summed E-state index contributed by atoms with van der Waals surface area (Å²) in [4.78, 5) is 12.9. The molecule has 0 saturated heterocycles. The Kier molecular flexibility index (Phi) is 17.2. The molecule has 0 aromatic heterocycles. The van der Waals surface area contributed by atoms with Crippen LogP contribution in [0.3, 0.4) is 0 Å². The first kappa shape index (κ1) is 45.6. The number of nitrogens with two attached hydrogens (primary N) is 2. The first-order valence-electron chi connectivity index (χ1n) is 24.8. The number of nitrogen functional groups attached to an aromatic ring is 2. The lowest BCUT2D eigenvalue weighted by Crippen LogP contribution is -2.59. The predicted octanol–water partition coefficient (Wildman–Crippen LogP) is 14.1. The zero-order valence-electron chi connectivity index (χ0n) is 37.9. The molecule has 2 aromatic rings. The molecule has 4 saturated carbocycles. The van der Waals surface area contributed by atoms with Gasteiger partial charge in [0.1, 0.15) is 17.6 Å². The van der Waals surface area contributed by atoms with Crippen molar-refractivity contribution in [2.75, 3.05) is 18.1 Å². The van der Waals surface area contributed by atoms with Crippen LogP contribution >= 0.6 is 0 Å². The Hall–Kier alpha value is -2.89. The van der Waals surface area contributed by atoms with Crippen LogP contribution in [0.4, 0.5) is 11.4 Å². The van der Waals surface area contributed by atoms with Crippen molar-refractivity contribution in [3.63, 3.8) is 0 Å². The minimum atomic E-state index is 0.00973. The van der Waals surface area contributed by atoms with Crippen LogP contribution in [0.15, 0.2) is 48.5 Å². The Bertz CT molecular complexity index is 1530. The van der Waals surface area contributed by atoms with E-state index < -0.39 is 0 Å². The molecule has 59 heavy (non-hydrogen) atoms. The van der Waals surface area contributed by atoms with Gasteiger partial charge in [0.25, 0.3) is 0 Å². The highest BCUT2D eigenvalue weighted by molar-refractivity contribution is 5.69. The second-order valence-corrected chi connectivity index (χ2v) is 20.4. The predicted molar refractivity (Wildman–Crippen MR) is 245 cm³/mol. The number of carbonyl (C=O) groups is 1. The van der Waals surface area contributed by atoms with Crippen molar-refractivity contribution >= 4 is 17.3 Å². The summed E-state index contributed by atoms with van der Waals surface area (Å²) in [5, 5.41) is 0. The lowest BCUT2D eigenvalue weighted by Gasteiger charge is -2.63. The monoisotopic (exact) mass is 813 g/mol. The van der Waals surface area contributed by atoms with E-state index >= 15 is 0 Å². The van der Waals surface area contributed by atoms with E-state index in [1.165, 1.54) is 122 Å². The van der Waals surface area contributed by atoms with Crippen molar-refractivity contribution in [2.24, 2.45) is 46.3 Å². The number of ether oxygens (including phenoxy) is 3. The number of rotatable bonds is 24. The molecule has 0 heterocycles. The smallest absolute Gasteiger partial charge is 0.305 e. The summed E-state index contributed by atoms with van der Waals surface area (Å²) in [5.74, 6) is 5.51. The summed E-state index contributed by atoms with van der Waals surface area (Å²) < 4.78 is 19.4. The molecule has 6 rings (SSSR count). The number of hydrogen-bond donors (Lipinski definition) is 2. The standard InChI is InChI=1S/C53H84N2O4/c1-5-6-7-8-9-10-11-12-13-14-15-16-17-18-19-36-57-51(56)31-20-39(2)46-29-30-47-45-38-50(59-43-27-23-41(55)24-28-43)49-37-44(58-42-25-21-40(54)22-26-42)32-34-53(49,4)48(45)33-35-52(46,47)3/h21-28,39,44-50H,5-20,29-38,54-55H2,1-4H3/t39-,44?,45+,46-,47+,48+,49?,50?,52-,53-/m1/s1. The molecule has 6 nitrogen and oxygen atoms in total. The summed E-state index contributed by atoms with van der Waals surface area (Å²) in [6.45, 7) is 10.5. The van der Waals surface area contributed by atoms with E-state index in [-0.39, 0.29) is 23.6 Å². The summed E-state index contributed by atoms with van der Waals surface area (Å²) in [6, 6.07) is 15.9. The van der Waals surface area contributed by atoms with Crippen molar-refractivity contribution in [1.82, 2.24) is 0 Å². The van der Waals surface area contributed by atoms with Gasteiger partial charge in [-0.05, 0) is 153 Å². The highest BCUT2D eigenvalue weighted by atomic mass is 16.5. The number of unbranched alkanes of at least 4 members (excludes halogenated alkanes) is 14. The van der Waals surface area contributed by atoms with E-state index in [0.717, 1.165) is 55.0 Å². The van der Waals surface area contributed by atoms with E-state index in [1.807, 2.05) is 48.5 Å². The first-order chi connectivity index (χ1) is 28.6. The van der Waals surface area contributed by atoms with E-state index in [9.17, 15) is 4.79 Å². The van der Waals surface area contributed by atoms with Gasteiger partial charge in [0, 0.05) is 23.7 Å². The molecular formula is C53H84N2O4. The van der Waals surface area contributed by atoms with Crippen LogP contribution in [0.5, 0.6) is 11.5 Å². The van der Waals surface area contributed by atoms with Gasteiger partial charge in [-0.1, -0.05) is 118 Å². The van der Waals surface area contributed by atoms with Gasteiger partial charge in [-0.2, -0.15) is 0 Å². The van der Waals surface area contributed by atoms with Gasteiger partial charge in [-0.15, -0.1) is 0 Å². The quantitative estimate of drug-likeness (QED) is 0.0622. The topological polar surface area (TPSA) is 96.8 Å². The SMILES string of the molecule is CCCCCCCCCCCCCCCCCOC(=O)CC[C@@H](C)[C@H]1CC[C@H]2[C@@H]3CC(Oc4ccc(N)cc4)C4CC(Oc5ccc(N)cc5)CC[C@]4(C)[C@H]3CC[C@]12C. The summed E-state index contributed by atoms with van der Waals surface area (Å²) in [5.41, 5.74) is 14.1. The minimum absolute atomic E-state index is 0.00973. The third kappa shape index (κ3) is 12.2. The maximum atomic E-state index is 12.9. The van der Waals surface area contributed by atoms with Crippen molar-refractivity contribution in [2.45, 2.75) is 200 Å². The van der Waals surface area contributed by atoms with Crippen molar-refractivity contribution in [1.29, 1.82) is 0 Å². The molecule has 10 atom stereocenters. The molecule has 2 aromatic carbocycles. The van der Waals surface area contributed by atoms with Crippen LogP contribution in [-0.2, 0) is 9.53 Å². The van der Waals surface area contributed by atoms with Crippen LogP contribution in [0.25, 0.3) is 0 Å². The van der Waals surface area contributed by atoms with Gasteiger partial charge in [0.05, 0.1) is 12.7 Å². The van der Waals surface area contributed by atoms with E-state index in [0.29, 0.717) is 54.0 Å². The largest absolute Gasteiger partial charge is 0.490 e. The zero-order valence-corrected chi connectivity index (χ0v) is 37.9. The fourth-order valence-corrected chi connectivity index (χ4v) is 13.2. The van der Waals surface area contributed by atoms with Gasteiger partial charge in [-0.25, -0.2) is 0 Å². The highest BCUT2D eigenvalue weighted by Gasteiger charge is 2.63. The average molecular weight is 813 g/mol. The number of hydrogen-bond acceptors (Lipinski definition) is 6. The molecule has 330 valence electrons. The van der Waals surface area contributed by atoms with Gasteiger partial charge < -0.3 is 25.7 Å². The van der Waals surface area contributed by atoms with Crippen LogP contribution in [0, 0.1) is 46.3 Å². The van der Waals surface area contributed by atoms with Gasteiger partial charge >= 0.3 is 5.97 Å². The maximum absolute atomic E-state index is 12.9. The van der Waals surface area contributed by atoms with Gasteiger partial charge in [0.2, 0.25) is 0 Å². The molecule has 0 aliphatic heterocycles. The van der Waals surface area contributed by atoms with E-state index in [2.05, 4.69) is 27.7 Å². The second kappa shape index (κ2) is 22.3. The Balaban J connectivity index is 0.943. The molecule has 0 spiro atoms. The summed E-state index contributed by atoms with van der Waals surface area (Å²) in [6.07, 6.45) is 31.6. The number of carbonyl (C=O) groups excluding carboxylic acids is 1. The van der Waals surface area contributed by atoms with E-state index in [4.69, 9.17) is 25.7 Å². The minimum Gasteiger partial charge on any atom is -0.490 e. The second-order valence-electron chi connectivity index (χ2n) is 20.4. The third-order valence-corrected chi connectivity index (χ3v) is 16.5. The Morgan fingerprint density at radius 1 is 0.644 bits per heavy atom. The Morgan fingerprint density at radius 3 is 1.76 bits per heavy atom. The molecule has 4 N–H and O–H groups in total. The Labute approximate surface area is 360 Å². The van der Waals surface area contributed by atoms with Gasteiger partial charge in [0.15, 0.2) is 0 Å². The van der Waals surface area contributed by atoms with Crippen LogP contribution < -0.4 is 20.9 Å².